The number of carbonyl (C=O) groups excluding carboxylic acids is 1. The Labute approximate surface area is 138 Å². The smallest absolute Gasteiger partial charge is 0.219 e. The number of hydrogen-bond donors (Lipinski definition) is 2. The Kier molecular flexibility index (Phi) is 9.72. The minimum atomic E-state index is 0. The zero-order chi connectivity index (χ0) is 14.0. The lowest BCUT2D eigenvalue weighted by molar-refractivity contribution is -0.121. The van der Waals surface area contributed by atoms with Gasteiger partial charge in [0.15, 0.2) is 0 Å². The summed E-state index contributed by atoms with van der Waals surface area (Å²) >= 11 is 1.83. The fourth-order valence-corrected chi connectivity index (χ4v) is 3.43. The molecule has 2 heterocycles. The largest absolute Gasteiger partial charge is 0.356 e. The molecule has 0 aromatic carbocycles. The van der Waals surface area contributed by atoms with Crippen molar-refractivity contribution in [3.05, 3.63) is 22.4 Å². The molecule has 2 N–H and O–H groups in total. The Balaban J connectivity index is 0.00000220. The van der Waals surface area contributed by atoms with E-state index in [1.165, 1.54) is 17.7 Å². The number of thiophene rings is 1. The molecule has 1 aromatic rings. The average Bonchev–Trinajstić information content (AvgIpc) is 3.11. The third kappa shape index (κ3) is 7.84. The van der Waals surface area contributed by atoms with Crippen LogP contribution in [0.1, 0.15) is 43.4 Å². The van der Waals surface area contributed by atoms with Crippen LogP contribution in [0.2, 0.25) is 0 Å². The van der Waals surface area contributed by atoms with E-state index in [2.05, 4.69) is 28.1 Å². The van der Waals surface area contributed by atoms with E-state index in [1.807, 2.05) is 11.3 Å². The predicted molar refractivity (Wildman–Crippen MR) is 92.3 cm³/mol. The second-order valence-electron chi connectivity index (χ2n) is 5.64. The average molecular weight is 331 g/mol. The number of hydrogen-bond acceptors (Lipinski definition) is 3. The highest BCUT2D eigenvalue weighted by atomic mass is 35.5. The van der Waals surface area contributed by atoms with E-state index in [4.69, 9.17) is 0 Å². The molecule has 1 aliphatic rings. The Morgan fingerprint density at radius 3 is 3.00 bits per heavy atom. The van der Waals surface area contributed by atoms with Gasteiger partial charge in [0.05, 0.1) is 0 Å². The van der Waals surface area contributed by atoms with E-state index in [1.54, 1.807) is 0 Å². The van der Waals surface area contributed by atoms with Crippen LogP contribution in [0.3, 0.4) is 0 Å². The van der Waals surface area contributed by atoms with Gasteiger partial charge in [-0.3, -0.25) is 4.79 Å². The first-order valence-electron chi connectivity index (χ1n) is 7.84. The topological polar surface area (TPSA) is 41.1 Å². The summed E-state index contributed by atoms with van der Waals surface area (Å²) in [6.45, 7) is 3.11. The van der Waals surface area contributed by atoms with Crippen molar-refractivity contribution in [2.24, 2.45) is 5.92 Å². The minimum Gasteiger partial charge on any atom is -0.356 e. The van der Waals surface area contributed by atoms with E-state index in [0.717, 1.165) is 51.2 Å². The zero-order valence-electron chi connectivity index (χ0n) is 12.6. The van der Waals surface area contributed by atoms with Crippen LogP contribution in [0.15, 0.2) is 17.5 Å². The van der Waals surface area contributed by atoms with Crippen LogP contribution < -0.4 is 10.6 Å². The van der Waals surface area contributed by atoms with Crippen molar-refractivity contribution in [2.75, 3.05) is 19.6 Å². The van der Waals surface area contributed by atoms with Gasteiger partial charge in [-0.05, 0) is 62.6 Å². The highest BCUT2D eigenvalue weighted by Gasteiger charge is 2.13. The molecule has 21 heavy (non-hydrogen) atoms. The molecular formula is C16H27ClN2OS. The van der Waals surface area contributed by atoms with Gasteiger partial charge in [0, 0.05) is 17.8 Å². The third-order valence-electron chi connectivity index (χ3n) is 3.94. The highest BCUT2D eigenvalue weighted by Crippen LogP contribution is 2.13. The van der Waals surface area contributed by atoms with Crippen molar-refractivity contribution in [2.45, 2.75) is 44.9 Å². The molecule has 0 spiro atoms. The van der Waals surface area contributed by atoms with Crippen molar-refractivity contribution in [3.63, 3.8) is 0 Å². The van der Waals surface area contributed by atoms with Gasteiger partial charge >= 0.3 is 0 Å². The van der Waals surface area contributed by atoms with Crippen LogP contribution in [-0.4, -0.2) is 25.5 Å². The molecule has 0 aliphatic carbocycles. The first-order valence-corrected chi connectivity index (χ1v) is 8.72. The molecule has 2 rings (SSSR count). The SMILES string of the molecule is Cl.O=C(CCCCCc1cccs1)NCCC1CCNC1. The lowest BCUT2D eigenvalue weighted by atomic mass is 10.1. The number of unbranched alkanes of at least 4 members (excludes halogenated alkanes) is 2. The minimum absolute atomic E-state index is 0. The summed E-state index contributed by atoms with van der Waals surface area (Å²) in [5.41, 5.74) is 0. The third-order valence-corrected chi connectivity index (χ3v) is 4.88. The summed E-state index contributed by atoms with van der Waals surface area (Å²) in [4.78, 5) is 13.1. The Bertz CT molecular complexity index is 378. The molecule has 120 valence electrons. The van der Waals surface area contributed by atoms with Crippen molar-refractivity contribution in [1.29, 1.82) is 0 Å². The van der Waals surface area contributed by atoms with Gasteiger partial charge < -0.3 is 10.6 Å². The van der Waals surface area contributed by atoms with E-state index in [-0.39, 0.29) is 18.3 Å². The van der Waals surface area contributed by atoms with E-state index >= 15 is 0 Å². The van der Waals surface area contributed by atoms with Gasteiger partial charge in [0.25, 0.3) is 0 Å². The molecule has 1 saturated heterocycles. The molecule has 0 bridgehead atoms. The van der Waals surface area contributed by atoms with Crippen molar-refractivity contribution >= 4 is 29.7 Å². The monoisotopic (exact) mass is 330 g/mol. The predicted octanol–water partition coefficient (Wildman–Crippen LogP) is 3.39. The number of nitrogens with one attached hydrogen (secondary N) is 2. The number of rotatable bonds is 9. The first-order chi connectivity index (χ1) is 9.84. The van der Waals surface area contributed by atoms with Crippen LogP contribution in [0, 0.1) is 5.92 Å². The number of halogens is 1. The van der Waals surface area contributed by atoms with E-state index in [9.17, 15) is 4.79 Å². The maximum absolute atomic E-state index is 11.7. The molecule has 1 aromatic heterocycles. The second-order valence-corrected chi connectivity index (χ2v) is 6.67. The fraction of sp³-hybridized carbons (Fsp3) is 0.688. The lowest BCUT2D eigenvalue weighted by Crippen LogP contribution is -2.26. The highest BCUT2D eigenvalue weighted by molar-refractivity contribution is 7.09. The van der Waals surface area contributed by atoms with Crippen molar-refractivity contribution in [1.82, 2.24) is 10.6 Å². The molecule has 0 saturated carbocycles. The normalized spacial score (nSPS) is 17.4. The maximum Gasteiger partial charge on any atom is 0.219 e. The van der Waals surface area contributed by atoms with Gasteiger partial charge in [-0.2, -0.15) is 0 Å². The molecule has 1 amide bonds. The van der Waals surface area contributed by atoms with Gasteiger partial charge in [0.2, 0.25) is 5.91 Å². The van der Waals surface area contributed by atoms with Crippen LogP contribution in [0.4, 0.5) is 0 Å². The van der Waals surface area contributed by atoms with Crippen LogP contribution in [-0.2, 0) is 11.2 Å². The standard InChI is InChI=1S/C16H26N2OS.ClH/c19-16(18-11-9-14-8-10-17-13-14)7-3-1-2-5-15-6-4-12-20-15;/h4,6,12,14,17H,1-3,5,7-11,13H2,(H,18,19);1H. The summed E-state index contributed by atoms with van der Waals surface area (Å²) in [5, 5.41) is 8.54. The van der Waals surface area contributed by atoms with Gasteiger partial charge in [-0.15, -0.1) is 23.7 Å². The quantitative estimate of drug-likeness (QED) is 0.681. The summed E-state index contributed by atoms with van der Waals surface area (Å²) in [6, 6.07) is 4.29. The second kappa shape index (κ2) is 11.0. The summed E-state index contributed by atoms with van der Waals surface area (Å²) in [5.74, 6) is 0.994. The van der Waals surface area contributed by atoms with Gasteiger partial charge in [-0.1, -0.05) is 12.5 Å². The van der Waals surface area contributed by atoms with Crippen LogP contribution >= 0.6 is 23.7 Å². The number of amides is 1. The Morgan fingerprint density at radius 1 is 1.38 bits per heavy atom. The van der Waals surface area contributed by atoms with Crippen molar-refractivity contribution in [3.8, 4) is 0 Å². The van der Waals surface area contributed by atoms with E-state index in [0.29, 0.717) is 6.42 Å². The Morgan fingerprint density at radius 2 is 2.29 bits per heavy atom. The van der Waals surface area contributed by atoms with Gasteiger partial charge in [0.1, 0.15) is 0 Å². The molecular weight excluding hydrogens is 304 g/mol. The van der Waals surface area contributed by atoms with Crippen LogP contribution in [0.5, 0.6) is 0 Å². The maximum atomic E-state index is 11.7. The molecule has 1 aliphatic heterocycles. The molecule has 1 atom stereocenters. The summed E-state index contributed by atoms with van der Waals surface area (Å²) < 4.78 is 0. The summed E-state index contributed by atoms with van der Waals surface area (Å²) in [7, 11) is 0. The van der Waals surface area contributed by atoms with Crippen molar-refractivity contribution < 1.29 is 4.79 Å². The molecule has 3 nitrogen and oxygen atoms in total. The zero-order valence-corrected chi connectivity index (χ0v) is 14.2. The molecule has 5 heteroatoms. The Hall–Kier alpha value is -0.580. The fourth-order valence-electron chi connectivity index (χ4n) is 2.68. The molecule has 0 radical (unpaired) electrons. The summed E-state index contributed by atoms with van der Waals surface area (Å²) in [6.07, 6.45) is 7.60. The lowest BCUT2D eigenvalue weighted by Gasteiger charge is -2.09. The van der Waals surface area contributed by atoms with E-state index < -0.39 is 0 Å². The number of carbonyl (C=O) groups is 1. The number of aryl methyl sites for hydroxylation is 1. The van der Waals surface area contributed by atoms with Crippen LogP contribution in [0.25, 0.3) is 0 Å². The molecule has 1 fully saturated rings. The molecule has 1 unspecified atom stereocenters. The van der Waals surface area contributed by atoms with Gasteiger partial charge in [-0.25, -0.2) is 0 Å². The first kappa shape index (κ1) is 18.5.